The van der Waals surface area contributed by atoms with Crippen molar-refractivity contribution in [1.82, 2.24) is 9.88 Å². The summed E-state index contributed by atoms with van der Waals surface area (Å²) in [6.45, 7) is 1.70. The minimum atomic E-state index is -3.58. The van der Waals surface area contributed by atoms with Crippen LogP contribution in [-0.4, -0.2) is 26.0 Å². The summed E-state index contributed by atoms with van der Waals surface area (Å²) in [6.07, 6.45) is -0.00230. The third kappa shape index (κ3) is 4.63. The average molecular weight is 394 g/mol. The van der Waals surface area contributed by atoms with Crippen molar-refractivity contribution in [3.63, 3.8) is 0 Å². The van der Waals surface area contributed by atoms with Gasteiger partial charge in [0.1, 0.15) is 9.97 Å². The Morgan fingerprint density at radius 1 is 1.48 bits per heavy atom. The van der Waals surface area contributed by atoms with Crippen LogP contribution in [0.3, 0.4) is 0 Å². The largest absolute Gasteiger partial charge is 0.360 e. The molecular weight excluding hydrogens is 382 g/mol. The predicted octanol–water partition coefficient (Wildman–Crippen LogP) is 2.11. The van der Waals surface area contributed by atoms with Crippen LogP contribution < -0.4 is 10.0 Å². The number of amides is 1. The summed E-state index contributed by atoms with van der Waals surface area (Å²) in [5.41, 5.74) is 0. The van der Waals surface area contributed by atoms with Gasteiger partial charge in [-0.15, -0.1) is 11.3 Å². The Hall–Kier alpha value is -1.23. The van der Waals surface area contributed by atoms with Crippen molar-refractivity contribution in [1.29, 1.82) is 0 Å². The Balaban J connectivity index is 1.82. The molecule has 114 valence electrons. The molecule has 0 saturated carbocycles. The molecule has 0 saturated heterocycles. The molecule has 10 heteroatoms. The fraction of sp³-hybridized carbons (Fsp3) is 0.273. The Kier molecular flexibility index (Phi) is 5.14. The van der Waals surface area contributed by atoms with Gasteiger partial charge in [-0.25, -0.2) is 13.1 Å². The molecule has 0 spiro atoms. The van der Waals surface area contributed by atoms with Crippen molar-refractivity contribution in [2.45, 2.75) is 17.6 Å². The number of carbonyl (C=O) groups excluding carboxylic acids is 1. The highest BCUT2D eigenvalue weighted by Gasteiger charge is 2.16. The third-order valence-corrected chi connectivity index (χ3v) is 5.93. The molecule has 1 amide bonds. The summed E-state index contributed by atoms with van der Waals surface area (Å²) in [5, 5.41) is 6.12. The number of aromatic nitrogens is 1. The molecule has 7 nitrogen and oxygen atoms in total. The molecule has 0 fully saturated rings. The summed E-state index contributed by atoms with van der Waals surface area (Å²) in [6, 6.07) is 4.72. The fourth-order valence-corrected chi connectivity index (χ4v) is 4.53. The van der Waals surface area contributed by atoms with Gasteiger partial charge in [0.2, 0.25) is 15.9 Å². The SMILES string of the molecule is Cc1cc(NC(=O)CCNS(=O)(=O)c2ccc(Br)s2)no1. The number of nitrogens with one attached hydrogen (secondary N) is 2. The van der Waals surface area contributed by atoms with Crippen molar-refractivity contribution < 1.29 is 17.7 Å². The van der Waals surface area contributed by atoms with E-state index in [-0.39, 0.29) is 23.1 Å². The number of hydrogen-bond acceptors (Lipinski definition) is 6. The number of carbonyl (C=O) groups is 1. The maximum absolute atomic E-state index is 11.9. The van der Waals surface area contributed by atoms with E-state index in [1.54, 1.807) is 19.1 Å². The van der Waals surface area contributed by atoms with Gasteiger partial charge >= 0.3 is 0 Å². The Bertz CT molecular complexity index is 738. The maximum Gasteiger partial charge on any atom is 0.250 e. The topological polar surface area (TPSA) is 101 Å². The monoisotopic (exact) mass is 393 g/mol. The first kappa shape index (κ1) is 16.1. The van der Waals surface area contributed by atoms with Gasteiger partial charge in [0, 0.05) is 19.0 Å². The van der Waals surface area contributed by atoms with Crippen LogP contribution in [-0.2, 0) is 14.8 Å². The van der Waals surface area contributed by atoms with E-state index in [1.165, 1.54) is 6.07 Å². The highest BCUT2D eigenvalue weighted by molar-refractivity contribution is 9.11. The molecule has 0 aliphatic heterocycles. The summed E-state index contributed by atoms with van der Waals surface area (Å²) in [5.74, 6) is 0.537. The number of nitrogens with zero attached hydrogens (tertiary/aromatic N) is 1. The molecule has 0 bridgehead atoms. The van der Waals surface area contributed by atoms with Crippen LogP contribution in [0.25, 0.3) is 0 Å². The first-order valence-corrected chi connectivity index (χ1v) is 8.94. The smallest absolute Gasteiger partial charge is 0.250 e. The van der Waals surface area contributed by atoms with Crippen LogP contribution in [0.15, 0.2) is 30.7 Å². The standard InChI is InChI=1S/C11H12BrN3O4S2/c1-7-6-9(15-19-7)14-10(16)4-5-13-21(17,18)11-3-2-8(12)20-11/h2-3,6,13H,4-5H2,1H3,(H,14,15,16). The first-order chi connectivity index (χ1) is 9.87. The highest BCUT2D eigenvalue weighted by Crippen LogP contribution is 2.25. The van der Waals surface area contributed by atoms with E-state index in [9.17, 15) is 13.2 Å². The van der Waals surface area contributed by atoms with E-state index in [2.05, 4.69) is 31.1 Å². The molecule has 2 heterocycles. The molecule has 0 aliphatic rings. The Labute approximate surface area is 133 Å². The van der Waals surface area contributed by atoms with E-state index in [1.807, 2.05) is 0 Å². The van der Waals surface area contributed by atoms with E-state index < -0.39 is 10.0 Å². The third-order valence-electron chi connectivity index (χ3n) is 2.35. The zero-order valence-electron chi connectivity index (χ0n) is 10.9. The average Bonchev–Trinajstić information content (AvgIpc) is 2.98. The van der Waals surface area contributed by atoms with Gasteiger partial charge in [-0.3, -0.25) is 4.79 Å². The van der Waals surface area contributed by atoms with Crippen LogP contribution in [0.1, 0.15) is 12.2 Å². The molecule has 2 rings (SSSR count). The number of aryl methyl sites for hydroxylation is 1. The number of hydrogen-bond donors (Lipinski definition) is 2. The molecule has 2 aromatic heterocycles. The number of sulfonamides is 1. The van der Waals surface area contributed by atoms with Crippen molar-refractivity contribution >= 4 is 49.0 Å². The molecule has 0 radical (unpaired) electrons. The van der Waals surface area contributed by atoms with E-state index in [0.717, 1.165) is 15.1 Å². The quantitative estimate of drug-likeness (QED) is 0.782. The molecule has 2 N–H and O–H groups in total. The van der Waals surface area contributed by atoms with Gasteiger partial charge in [-0.1, -0.05) is 5.16 Å². The molecule has 0 aromatic carbocycles. The lowest BCUT2D eigenvalue weighted by atomic mass is 10.4. The Morgan fingerprint density at radius 2 is 2.24 bits per heavy atom. The van der Waals surface area contributed by atoms with E-state index in [0.29, 0.717) is 11.6 Å². The fourth-order valence-electron chi connectivity index (χ4n) is 1.44. The van der Waals surface area contributed by atoms with Crippen LogP contribution in [0.2, 0.25) is 0 Å². The number of anilines is 1. The molecule has 2 aromatic rings. The molecule has 0 atom stereocenters. The van der Waals surface area contributed by atoms with Crippen molar-refractivity contribution in [3.05, 3.63) is 27.7 Å². The van der Waals surface area contributed by atoms with Crippen LogP contribution in [0.4, 0.5) is 5.82 Å². The Morgan fingerprint density at radius 3 is 2.81 bits per heavy atom. The van der Waals surface area contributed by atoms with Gasteiger partial charge in [-0.05, 0) is 35.0 Å². The number of halogens is 1. The second kappa shape index (κ2) is 6.69. The van der Waals surface area contributed by atoms with Crippen LogP contribution in [0, 0.1) is 6.92 Å². The summed E-state index contributed by atoms with van der Waals surface area (Å²) >= 11 is 4.30. The number of rotatable bonds is 6. The second-order valence-corrected chi connectivity index (χ2v) is 8.53. The van der Waals surface area contributed by atoms with Gasteiger partial charge in [0.25, 0.3) is 0 Å². The second-order valence-electron chi connectivity index (χ2n) is 4.08. The van der Waals surface area contributed by atoms with Gasteiger partial charge in [-0.2, -0.15) is 0 Å². The summed E-state index contributed by atoms with van der Waals surface area (Å²) in [4.78, 5) is 11.6. The predicted molar refractivity (Wildman–Crippen MR) is 81.7 cm³/mol. The van der Waals surface area contributed by atoms with Crippen LogP contribution in [0.5, 0.6) is 0 Å². The summed E-state index contributed by atoms with van der Waals surface area (Å²) < 4.78 is 31.9. The minimum Gasteiger partial charge on any atom is -0.360 e. The van der Waals surface area contributed by atoms with E-state index in [4.69, 9.17) is 4.52 Å². The van der Waals surface area contributed by atoms with Gasteiger partial charge < -0.3 is 9.84 Å². The lowest BCUT2D eigenvalue weighted by Crippen LogP contribution is -2.27. The van der Waals surface area contributed by atoms with E-state index >= 15 is 0 Å². The number of thiophene rings is 1. The highest BCUT2D eigenvalue weighted by atomic mass is 79.9. The lowest BCUT2D eigenvalue weighted by molar-refractivity contribution is -0.116. The van der Waals surface area contributed by atoms with Crippen molar-refractivity contribution in [2.24, 2.45) is 0 Å². The minimum absolute atomic E-state index is 0.000515. The van der Waals surface area contributed by atoms with Crippen molar-refractivity contribution in [3.8, 4) is 0 Å². The molecule has 0 aliphatic carbocycles. The molecule has 21 heavy (non-hydrogen) atoms. The van der Waals surface area contributed by atoms with Crippen LogP contribution >= 0.6 is 27.3 Å². The molecular formula is C11H12BrN3O4S2. The van der Waals surface area contributed by atoms with Gasteiger partial charge in [0.05, 0.1) is 3.79 Å². The zero-order valence-corrected chi connectivity index (χ0v) is 14.1. The molecule has 0 unspecified atom stereocenters. The first-order valence-electron chi connectivity index (χ1n) is 5.85. The zero-order chi connectivity index (χ0) is 15.5. The maximum atomic E-state index is 11.9. The van der Waals surface area contributed by atoms with Crippen molar-refractivity contribution in [2.75, 3.05) is 11.9 Å². The normalized spacial score (nSPS) is 11.5. The van der Waals surface area contributed by atoms with Gasteiger partial charge in [0.15, 0.2) is 5.82 Å². The lowest BCUT2D eigenvalue weighted by Gasteiger charge is -2.04. The summed E-state index contributed by atoms with van der Waals surface area (Å²) in [7, 11) is -3.58.